The van der Waals surface area contributed by atoms with E-state index < -0.39 is 0 Å². The Morgan fingerprint density at radius 1 is 1.00 bits per heavy atom. The van der Waals surface area contributed by atoms with Crippen molar-refractivity contribution in [3.63, 3.8) is 0 Å². The molecule has 0 aromatic heterocycles. The molecular formula is C9H15NO. The van der Waals surface area contributed by atoms with Crippen molar-refractivity contribution in [2.75, 3.05) is 7.11 Å². The van der Waals surface area contributed by atoms with Gasteiger partial charge in [0.1, 0.15) is 0 Å². The minimum Gasteiger partial charge on any atom is -0.302 e. The lowest BCUT2D eigenvalue weighted by Crippen LogP contribution is -2.44. The van der Waals surface area contributed by atoms with Crippen molar-refractivity contribution < 1.29 is 4.84 Å². The van der Waals surface area contributed by atoms with Gasteiger partial charge < -0.3 is 4.84 Å². The third kappa shape index (κ3) is 0.695. The van der Waals surface area contributed by atoms with Crippen LogP contribution in [0.3, 0.4) is 0 Å². The van der Waals surface area contributed by atoms with Crippen LogP contribution in [0.2, 0.25) is 0 Å². The van der Waals surface area contributed by atoms with Gasteiger partial charge in [-0.05, 0) is 37.5 Å². The SMILES string of the molecule is CON1C2CC3CC1CC3C2. The van der Waals surface area contributed by atoms with Crippen LogP contribution in [-0.2, 0) is 4.84 Å². The zero-order valence-corrected chi connectivity index (χ0v) is 6.99. The second-order valence-electron chi connectivity index (χ2n) is 4.31. The average Bonchev–Trinajstić information content (AvgIpc) is 2.43. The van der Waals surface area contributed by atoms with E-state index in [2.05, 4.69) is 5.06 Å². The van der Waals surface area contributed by atoms with Crippen molar-refractivity contribution in [1.82, 2.24) is 5.06 Å². The summed E-state index contributed by atoms with van der Waals surface area (Å²) in [6.45, 7) is 0. The van der Waals surface area contributed by atoms with Gasteiger partial charge in [0.05, 0.1) is 7.11 Å². The van der Waals surface area contributed by atoms with Crippen LogP contribution in [0.4, 0.5) is 0 Å². The number of hydrogen-bond acceptors (Lipinski definition) is 2. The van der Waals surface area contributed by atoms with Gasteiger partial charge in [0.15, 0.2) is 0 Å². The molecule has 0 aromatic rings. The third-order valence-electron chi connectivity index (χ3n) is 3.90. The lowest BCUT2D eigenvalue weighted by Gasteiger charge is -2.37. The zero-order chi connectivity index (χ0) is 7.42. The molecule has 2 heterocycles. The Labute approximate surface area is 67.5 Å². The lowest BCUT2D eigenvalue weighted by atomic mass is 10.0. The zero-order valence-electron chi connectivity index (χ0n) is 6.99. The molecule has 2 saturated heterocycles. The summed E-state index contributed by atoms with van der Waals surface area (Å²) >= 11 is 0. The topological polar surface area (TPSA) is 12.5 Å². The molecule has 4 aliphatic rings. The second-order valence-corrected chi connectivity index (χ2v) is 4.31. The van der Waals surface area contributed by atoms with Gasteiger partial charge in [0.25, 0.3) is 0 Å². The number of nitrogens with zero attached hydrogens (tertiary/aromatic N) is 1. The van der Waals surface area contributed by atoms with E-state index in [9.17, 15) is 0 Å². The normalized spacial score (nSPS) is 54.3. The number of rotatable bonds is 1. The minimum absolute atomic E-state index is 0.780. The Bertz CT molecular complexity index is 152. The number of hydrogen-bond donors (Lipinski definition) is 0. The Morgan fingerprint density at radius 2 is 1.45 bits per heavy atom. The van der Waals surface area contributed by atoms with E-state index >= 15 is 0 Å². The van der Waals surface area contributed by atoms with Crippen molar-refractivity contribution >= 4 is 0 Å². The maximum absolute atomic E-state index is 5.40. The van der Waals surface area contributed by atoms with E-state index in [1.54, 1.807) is 0 Å². The van der Waals surface area contributed by atoms with E-state index in [4.69, 9.17) is 4.84 Å². The summed E-state index contributed by atoms with van der Waals surface area (Å²) in [5, 5.41) is 2.26. The maximum Gasteiger partial charge on any atom is 0.0575 e. The number of piperidine rings is 2. The smallest absolute Gasteiger partial charge is 0.0575 e. The van der Waals surface area contributed by atoms with Crippen LogP contribution in [0.5, 0.6) is 0 Å². The highest BCUT2D eigenvalue weighted by molar-refractivity contribution is 5.02. The molecule has 4 bridgehead atoms. The molecule has 2 heteroatoms. The predicted molar refractivity (Wildman–Crippen MR) is 41.9 cm³/mol. The molecule has 0 radical (unpaired) electrons. The Balaban J connectivity index is 1.90. The van der Waals surface area contributed by atoms with Gasteiger partial charge in [-0.15, -0.1) is 0 Å². The molecule has 62 valence electrons. The summed E-state index contributed by atoms with van der Waals surface area (Å²) in [5.74, 6) is 2.13. The standard InChI is InChI=1S/C9H15NO/c1-11-10-8-2-6-3-9(10)5-7(6)4-8/h6-9H,2-5H2,1H3. The van der Waals surface area contributed by atoms with Gasteiger partial charge >= 0.3 is 0 Å². The molecule has 2 aliphatic carbocycles. The summed E-state index contributed by atoms with van der Waals surface area (Å²) < 4.78 is 0. The first-order valence-electron chi connectivity index (χ1n) is 4.71. The molecule has 0 aromatic carbocycles. The molecule has 2 nitrogen and oxygen atoms in total. The third-order valence-corrected chi connectivity index (χ3v) is 3.90. The van der Waals surface area contributed by atoms with Crippen molar-refractivity contribution in [3.8, 4) is 0 Å². The minimum atomic E-state index is 0.780. The van der Waals surface area contributed by atoms with Gasteiger partial charge in [0.2, 0.25) is 0 Å². The van der Waals surface area contributed by atoms with E-state index in [-0.39, 0.29) is 0 Å². The van der Waals surface area contributed by atoms with Crippen molar-refractivity contribution in [2.45, 2.75) is 37.8 Å². The monoisotopic (exact) mass is 153 g/mol. The van der Waals surface area contributed by atoms with E-state index in [1.807, 2.05) is 7.11 Å². The van der Waals surface area contributed by atoms with Gasteiger partial charge in [-0.3, -0.25) is 0 Å². The van der Waals surface area contributed by atoms with Crippen LogP contribution in [0.25, 0.3) is 0 Å². The van der Waals surface area contributed by atoms with Gasteiger partial charge in [-0.25, -0.2) is 0 Å². The van der Waals surface area contributed by atoms with Crippen molar-refractivity contribution in [2.24, 2.45) is 11.8 Å². The first-order chi connectivity index (χ1) is 5.38. The molecule has 0 amide bonds. The van der Waals surface area contributed by atoms with Gasteiger partial charge in [-0.1, -0.05) is 0 Å². The van der Waals surface area contributed by atoms with E-state index in [0.29, 0.717) is 0 Å². The molecule has 4 fully saturated rings. The van der Waals surface area contributed by atoms with Crippen LogP contribution in [0.15, 0.2) is 0 Å². The Hall–Kier alpha value is -0.0800. The van der Waals surface area contributed by atoms with E-state index in [0.717, 1.165) is 23.9 Å². The highest BCUT2D eigenvalue weighted by Crippen LogP contribution is 2.53. The lowest BCUT2D eigenvalue weighted by molar-refractivity contribution is -0.205. The molecule has 0 atom stereocenters. The largest absolute Gasteiger partial charge is 0.302 e. The molecule has 4 rings (SSSR count). The van der Waals surface area contributed by atoms with Crippen molar-refractivity contribution in [1.29, 1.82) is 0 Å². The summed E-state index contributed by atoms with van der Waals surface area (Å²) in [6.07, 6.45) is 5.65. The molecule has 0 unspecified atom stereocenters. The fraction of sp³-hybridized carbons (Fsp3) is 1.00. The van der Waals surface area contributed by atoms with Crippen molar-refractivity contribution in [3.05, 3.63) is 0 Å². The van der Waals surface area contributed by atoms with E-state index in [1.165, 1.54) is 25.7 Å². The van der Waals surface area contributed by atoms with Crippen LogP contribution < -0.4 is 0 Å². The first-order valence-corrected chi connectivity index (χ1v) is 4.71. The molecule has 0 N–H and O–H groups in total. The highest BCUT2D eigenvalue weighted by atomic mass is 16.7. The molecule has 0 spiro atoms. The molecule has 2 saturated carbocycles. The summed E-state index contributed by atoms with van der Waals surface area (Å²) in [7, 11) is 1.83. The predicted octanol–water partition coefficient (Wildman–Crippen LogP) is 1.42. The highest BCUT2D eigenvalue weighted by Gasteiger charge is 2.52. The van der Waals surface area contributed by atoms with Crippen LogP contribution in [-0.4, -0.2) is 24.3 Å². The first kappa shape index (κ1) is 6.44. The van der Waals surface area contributed by atoms with Crippen LogP contribution >= 0.6 is 0 Å². The van der Waals surface area contributed by atoms with Crippen LogP contribution in [0.1, 0.15) is 25.7 Å². The Kier molecular flexibility index (Phi) is 1.16. The maximum atomic E-state index is 5.40. The summed E-state index contributed by atoms with van der Waals surface area (Å²) in [4.78, 5) is 5.40. The van der Waals surface area contributed by atoms with Gasteiger partial charge in [0, 0.05) is 12.1 Å². The quantitative estimate of drug-likeness (QED) is 0.565. The summed E-state index contributed by atoms with van der Waals surface area (Å²) in [6, 6.07) is 1.56. The second kappa shape index (κ2) is 1.99. The fourth-order valence-electron chi connectivity index (χ4n) is 3.56. The Morgan fingerprint density at radius 3 is 1.82 bits per heavy atom. The van der Waals surface area contributed by atoms with Crippen LogP contribution in [0, 0.1) is 11.8 Å². The fourth-order valence-corrected chi connectivity index (χ4v) is 3.56. The molecular weight excluding hydrogens is 138 g/mol. The number of hydroxylamine groups is 2. The average molecular weight is 153 g/mol. The molecule has 2 aliphatic heterocycles. The molecule has 11 heavy (non-hydrogen) atoms. The van der Waals surface area contributed by atoms with Gasteiger partial charge in [-0.2, -0.15) is 5.06 Å². The summed E-state index contributed by atoms with van der Waals surface area (Å²) in [5.41, 5.74) is 0.